The van der Waals surface area contributed by atoms with Crippen molar-refractivity contribution in [1.29, 1.82) is 0 Å². The Morgan fingerprint density at radius 3 is 1.92 bits per heavy atom. The first-order valence-corrected chi connectivity index (χ1v) is 7.73. The van der Waals surface area contributed by atoms with Gasteiger partial charge in [-0.1, -0.05) is 18.1 Å². The number of ketones is 2. The van der Waals surface area contributed by atoms with E-state index in [0.717, 1.165) is 13.8 Å². The molecule has 7 heteroatoms. The van der Waals surface area contributed by atoms with Crippen molar-refractivity contribution in [2.75, 3.05) is 0 Å². The van der Waals surface area contributed by atoms with Gasteiger partial charge in [0.15, 0.2) is 22.8 Å². The van der Waals surface area contributed by atoms with Gasteiger partial charge in [-0.3, -0.25) is 19.7 Å². The first-order chi connectivity index (χ1) is 11.6. The maximum absolute atomic E-state index is 12.0. The van der Waals surface area contributed by atoms with E-state index >= 15 is 0 Å². The molecule has 25 heavy (non-hydrogen) atoms. The molecular weight excluding hydrogens is 326 g/mol. The van der Waals surface area contributed by atoms with Crippen molar-refractivity contribution in [3.05, 3.63) is 45.5 Å². The van der Waals surface area contributed by atoms with Crippen molar-refractivity contribution in [3.63, 3.8) is 0 Å². The molecule has 0 spiro atoms. The molecule has 0 saturated heterocycles. The molecule has 1 aliphatic rings. The summed E-state index contributed by atoms with van der Waals surface area (Å²) < 4.78 is 0. The van der Waals surface area contributed by atoms with E-state index in [9.17, 15) is 29.9 Å². The van der Waals surface area contributed by atoms with Crippen LogP contribution in [0.3, 0.4) is 0 Å². The third-order valence-corrected chi connectivity index (χ3v) is 5.00. The van der Waals surface area contributed by atoms with Crippen LogP contribution in [0.1, 0.15) is 43.7 Å². The van der Waals surface area contributed by atoms with Gasteiger partial charge in [-0.15, -0.1) is 6.42 Å². The van der Waals surface area contributed by atoms with Crippen LogP contribution >= 0.6 is 0 Å². The van der Waals surface area contributed by atoms with Gasteiger partial charge in [0.1, 0.15) is 0 Å². The van der Waals surface area contributed by atoms with Crippen LogP contribution in [0.4, 0.5) is 0 Å². The fourth-order valence-corrected chi connectivity index (χ4v) is 3.55. The van der Waals surface area contributed by atoms with Gasteiger partial charge in [-0.2, -0.15) is 0 Å². The number of nitrogens with zero attached hydrogens (tertiary/aromatic N) is 1. The van der Waals surface area contributed by atoms with Gasteiger partial charge in [0, 0.05) is 10.5 Å². The third-order valence-electron chi connectivity index (χ3n) is 5.00. The van der Waals surface area contributed by atoms with Crippen molar-refractivity contribution in [1.82, 2.24) is 0 Å². The first-order valence-electron chi connectivity index (χ1n) is 7.73. The van der Waals surface area contributed by atoms with Gasteiger partial charge in [-0.05, 0) is 50.3 Å². The second kappa shape index (κ2) is 6.39. The number of benzene rings is 1. The van der Waals surface area contributed by atoms with Gasteiger partial charge in [-0.25, -0.2) is 0 Å². The van der Waals surface area contributed by atoms with Crippen LogP contribution in [-0.2, 0) is 9.59 Å². The lowest BCUT2D eigenvalue weighted by Gasteiger charge is -2.45. The van der Waals surface area contributed by atoms with E-state index in [0.29, 0.717) is 11.1 Å². The van der Waals surface area contributed by atoms with E-state index < -0.39 is 39.7 Å². The van der Waals surface area contributed by atoms with E-state index in [1.807, 2.05) is 0 Å². The summed E-state index contributed by atoms with van der Waals surface area (Å²) in [5.41, 5.74) is -3.65. The van der Waals surface area contributed by atoms with Gasteiger partial charge < -0.3 is 10.2 Å². The summed E-state index contributed by atoms with van der Waals surface area (Å²) in [4.78, 5) is 34.6. The largest absolute Gasteiger partial charge is 0.376 e. The summed E-state index contributed by atoms with van der Waals surface area (Å²) >= 11 is 0. The van der Waals surface area contributed by atoms with Crippen LogP contribution in [-0.4, -0.2) is 43.9 Å². The number of carbonyl (C=O) groups excluding carboxylic acids is 2. The topological polar surface area (TPSA) is 118 Å². The summed E-state index contributed by atoms with van der Waals surface area (Å²) in [6.07, 6.45) is 4.77. The summed E-state index contributed by atoms with van der Waals surface area (Å²) in [6.45, 7) is 2.03. The van der Waals surface area contributed by atoms with E-state index in [-0.39, 0.29) is 12.8 Å². The Morgan fingerprint density at radius 1 is 1.16 bits per heavy atom. The Bertz CT molecular complexity index is 735. The molecule has 0 heterocycles. The number of nitro groups is 1. The lowest BCUT2D eigenvalue weighted by Crippen LogP contribution is -2.69. The van der Waals surface area contributed by atoms with Crippen LogP contribution in [0.2, 0.25) is 0 Å². The number of terminal acetylenes is 1. The molecule has 1 aromatic carbocycles. The zero-order valence-electron chi connectivity index (χ0n) is 13.9. The van der Waals surface area contributed by atoms with E-state index in [1.165, 1.54) is 0 Å². The SMILES string of the molecule is C#Cc1ccc([C@H]2C[C@@](O)(C(C)=O)[C@H]([N+](=O)[O-])[C@@](O)(C(C)=O)C2)cc1. The lowest BCUT2D eigenvalue weighted by atomic mass is 9.62. The molecule has 0 aliphatic heterocycles. The molecule has 0 aromatic heterocycles. The zero-order chi connectivity index (χ0) is 19.0. The molecule has 0 radical (unpaired) electrons. The second-order valence-electron chi connectivity index (χ2n) is 6.52. The first kappa shape index (κ1) is 18.8. The van der Waals surface area contributed by atoms with E-state index in [1.54, 1.807) is 24.3 Å². The fourth-order valence-electron chi connectivity index (χ4n) is 3.55. The fraction of sp³-hybridized carbons (Fsp3) is 0.444. The van der Waals surface area contributed by atoms with Crippen molar-refractivity contribution in [3.8, 4) is 12.3 Å². The highest BCUT2D eigenvalue weighted by atomic mass is 16.6. The number of Topliss-reactive ketones (excluding diaryl/α,β-unsaturated/α-hetero) is 2. The molecular formula is C18H19NO6. The Balaban J connectivity index is 2.57. The maximum atomic E-state index is 12.0. The van der Waals surface area contributed by atoms with Gasteiger partial charge >= 0.3 is 0 Å². The summed E-state index contributed by atoms with van der Waals surface area (Å²) in [6, 6.07) is 4.50. The molecule has 7 nitrogen and oxygen atoms in total. The second-order valence-corrected chi connectivity index (χ2v) is 6.52. The van der Waals surface area contributed by atoms with Crippen molar-refractivity contribution >= 4 is 11.6 Å². The highest BCUT2D eigenvalue weighted by molar-refractivity contribution is 5.91. The molecule has 1 aromatic rings. The number of carbonyl (C=O) groups is 2. The summed E-state index contributed by atoms with van der Waals surface area (Å²) in [5, 5.41) is 33.0. The standard InChI is InChI=1S/C18H19NO6/c1-4-13-5-7-14(8-6-13)15-9-17(22,11(2)20)16(19(24)25)18(23,10-15)12(3)21/h1,5-8,15-16,22-23H,9-10H2,2-3H3/t15-,16-,17+,18-. The Morgan fingerprint density at radius 2 is 1.60 bits per heavy atom. The van der Waals surface area contributed by atoms with E-state index in [2.05, 4.69) is 5.92 Å². The Labute approximate surface area is 144 Å². The van der Waals surface area contributed by atoms with Crippen LogP contribution in [0.25, 0.3) is 0 Å². The number of rotatable bonds is 4. The maximum Gasteiger partial charge on any atom is 0.283 e. The molecule has 0 unspecified atom stereocenters. The van der Waals surface area contributed by atoms with Crippen molar-refractivity contribution in [2.24, 2.45) is 0 Å². The predicted octanol–water partition coefficient (Wildman–Crippen LogP) is 0.831. The smallest absolute Gasteiger partial charge is 0.283 e. The zero-order valence-corrected chi connectivity index (χ0v) is 13.9. The highest BCUT2D eigenvalue weighted by Crippen LogP contribution is 2.46. The van der Waals surface area contributed by atoms with Crippen LogP contribution < -0.4 is 0 Å². The van der Waals surface area contributed by atoms with Crippen LogP contribution in [0, 0.1) is 22.5 Å². The minimum atomic E-state index is -2.45. The monoisotopic (exact) mass is 345 g/mol. The summed E-state index contributed by atoms with van der Waals surface area (Å²) in [5.74, 6) is 0.108. The van der Waals surface area contributed by atoms with Crippen LogP contribution in [0.5, 0.6) is 0 Å². The molecule has 1 aliphatic carbocycles. The minimum Gasteiger partial charge on any atom is -0.376 e. The number of hydrogen-bond donors (Lipinski definition) is 2. The molecule has 1 fully saturated rings. The number of hydrogen-bond acceptors (Lipinski definition) is 6. The Hall–Kier alpha value is -2.56. The summed E-state index contributed by atoms with van der Waals surface area (Å²) in [7, 11) is 0. The average Bonchev–Trinajstić information content (AvgIpc) is 2.53. The van der Waals surface area contributed by atoms with Gasteiger partial charge in [0.2, 0.25) is 0 Å². The Kier molecular flexibility index (Phi) is 4.80. The molecule has 1 saturated carbocycles. The predicted molar refractivity (Wildman–Crippen MR) is 88.4 cm³/mol. The molecule has 4 atom stereocenters. The van der Waals surface area contributed by atoms with Crippen molar-refractivity contribution < 1.29 is 24.7 Å². The number of aliphatic hydroxyl groups is 2. The quantitative estimate of drug-likeness (QED) is 0.474. The lowest BCUT2D eigenvalue weighted by molar-refractivity contribution is -0.564. The highest BCUT2D eigenvalue weighted by Gasteiger charge is 2.67. The minimum absolute atomic E-state index is 0.265. The van der Waals surface area contributed by atoms with E-state index in [4.69, 9.17) is 6.42 Å². The van der Waals surface area contributed by atoms with Gasteiger partial charge in [0.25, 0.3) is 6.04 Å². The molecule has 0 amide bonds. The van der Waals surface area contributed by atoms with Crippen LogP contribution in [0.15, 0.2) is 24.3 Å². The van der Waals surface area contributed by atoms with Gasteiger partial charge in [0.05, 0.1) is 0 Å². The average molecular weight is 345 g/mol. The third kappa shape index (κ3) is 3.06. The molecule has 132 valence electrons. The van der Waals surface area contributed by atoms with Crippen molar-refractivity contribution in [2.45, 2.75) is 49.9 Å². The molecule has 0 bridgehead atoms. The normalized spacial score (nSPS) is 31.8. The molecule has 2 rings (SSSR count). The molecule has 2 N–H and O–H groups in total.